The molecule has 0 bridgehead atoms. The van der Waals surface area contributed by atoms with Crippen molar-refractivity contribution in [3.8, 4) is 28.3 Å². The smallest absolute Gasteiger partial charge is 0.234 e. The Morgan fingerprint density at radius 1 is 1.00 bits per heavy atom. The average Bonchev–Trinajstić information content (AvgIpc) is 3.22. The van der Waals surface area contributed by atoms with E-state index in [0.29, 0.717) is 11.6 Å². The number of nitrogens with two attached hydrogens (primary N) is 1. The Bertz CT molecular complexity index is 1280. The molecule has 0 unspecified atom stereocenters. The van der Waals surface area contributed by atoms with Crippen LogP contribution in [0.2, 0.25) is 0 Å². The zero-order valence-corrected chi connectivity index (χ0v) is 20.2. The molecular weight excluding hydrogens is 424 g/mol. The highest BCUT2D eigenvalue weighted by Gasteiger charge is 2.34. The average molecular weight is 457 g/mol. The van der Waals surface area contributed by atoms with Gasteiger partial charge in [0.2, 0.25) is 11.6 Å². The van der Waals surface area contributed by atoms with Crippen molar-refractivity contribution in [2.45, 2.75) is 37.6 Å². The minimum absolute atomic E-state index is 0.190. The van der Waals surface area contributed by atoms with Gasteiger partial charge in [-0.1, -0.05) is 54.6 Å². The maximum atomic E-state index is 6.55. The largest absolute Gasteiger partial charge is 0.480 e. The van der Waals surface area contributed by atoms with E-state index in [1.807, 2.05) is 18.2 Å². The zero-order valence-electron chi connectivity index (χ0n) is 20.2. The van der Waals surface area contributed by atoms with Crippen LogP contribution in [0.25, 0.3) is 33.6 Å². The molecule has 0 atom stereocenters. The summed E-state index contributed by atoms with van der Waals surface area (Å²) in [4.78, 5) is 11.7. The van der Waals surface area contributed by atoms with E-state index in [4.69, 9.17) is 24.9 Å². The van der Waals surface area contributed by atoms with Crippen molar-refractivity contribution in [3.63, 3.8) is 0 Å². The molecular formula is C28H32N4O2. The van der Waals surface area contributed by atoms with Crippen molar-refractivity contribution in [2.75, 3.05) is 27.7 Å². The molecule has 6 nitrogen and oxygen atoms in total. The fourth-order valence-corrected chi connectivity index (χ4v) is 4.71. The number of aromatic nitrogens is 2. The quantitative estimate of drug-likeness (QED) is 0.383. The fraction of sp³-hybridized carbons (Fsp3) is 0.357. The van der Waals surface area contributed by atoms with Crippen molar-refractivity contribution in [2.24, 2.45) is 5.73 Å². The summed E-state index contributed by atoms with van der Waals surface area (Å²) in [5, 5.41) is 0.804. The van der Waals surface area contributed by atoms with E-state index >= 15 is 0 Å². The predicted molar refractivity (Wildman–Crippen MR) is 136 cm³/mol. The first-order valence-electron chi connectivity index (χ1n) is 12.0. The highest BCUT2D eigenvalue weighted by atomic mass is 16.5. The second-order valence-corrected chi connectivity index (χ2v) is 9.50. The number of rotatable bonds is 8. The number of methoxy groups -OCH3 is 1. The number of hydrogen-bond donors (Lipinski definition) is 1. The number of benzene rings is 2. The molecule has 2 N–H and O–H groups in total. The molecule has 1 fully saturated rings. The Labute approximate surface area is 200 Å². The van der Waals surface area contributed by atoms with Crippen LogP contribution in [0.5, 0.6) is 5.88 Å². The van der Waals surface area contributed by atoms with Gasteiger partial charge in [0.25, 0.3) is 0 Å². The Morgan fingerprint density at radius 3 is 2.35 bits per heavy atom. The number of aryl methyl sites for hydroxylation is 1. The fourth-order valence-electron chi connectivity index (χ4n) is 4.71. The third kappa shape index (κ3) is 4.19. The van der Waals surface area contributed by atoms with Crippen molar-refractivity contribution < 1.29 is 9.15 Å². The first-order valence-corrected chi connectivity index (χ1v) is 12.0. The molecule has 2 heterocycles. The summed E-state index contributed by atoms with van der Waals surface area (Å²) in [5.74, 6) is 2.05. The molecule has 1 aliphatic carbocycles. The third-order valence-corrected chi connectivity index (χ3v) is 6.79. The van der Waals surface area contributed by atoms with Crippen LogP contribution in [0.1, 0.15) is 37.1 Å². The molecule has 1 aliphatic rings. The molecule has 2 aromatic heterocycles. The van der Waals surface area contributed by atoms with Crippen LogP contribution >= 0.6 is 0 Å². The first-order chi connectivity index (χ1) is 16.5. The molecule has 0 aliphatic heterocycles. The van der Waals surface area contributed by atoms with Crippen LogP contribution in [0.3, 0.4) is 0 Å². The predicted octanol–water partition coefficient (Wildman–Crippen LogP) is 5.40. The van der Waals surface area contributed by atoms with Gasteiger partial charge in [-0.2, -0.15) is 9.97 Å². The van der Waals surface area contributed by atoms with E-state index in [-0.39, 0.29) is 5.54 Å². The second-order valence-electron chi connectivity index (χ2n) is 9.50. The standard InChI is InChI=1S/C28H32N4O2/c1-32(2)18-7-11-22-30-26(33-3)24-23(19-9-5-4-6-10-19)25(34-27(24)31-22)20-12-14-21(15-13-20)28(29)16-8-17-28/h4-6,9-10,12-15H,7-8,11,16-18,29H2,1-3H3. The summed E-state index contributed by atoms with van der Waals surface area (Å²) >= 11 is 0. The summed E-state index contributed by atoms with van der Waals surface area (Å²) in [6, 6.07) is 18.7. The van der Waals surface area contributed by atoms with Gasteiger partial charge in [-0.3, -0.25) is 0 Å². The molecule has 4 aromatic rings. The van der Waals surface area contributed by atoms with Gasteiger partial charge in [0, 0.05) is 23.1 Å². The molecule has 2 aromatic carbocycles. The van der Waals surface area contributed by atoms with Gasteiger partial charge in [-0.15, -0.1) is 0 Å². The Hall–Kier alpha value is -3.22. The molecule has 176 valence electrons. The van der Waals surface area contributed by atoms with Gasteiger partial charge < -0.3 is 19.8 Å². The maximum Gasteiger partial charge on any atom is 0.234 e. The van der Waals surface area contributed by atoms with Crippen LogP contribution in [0.4, 0.5) is 0 Å². The van der Waals surface area contributed by atoms with Crippen LogP contribution < -0.4 is 10.5 Å². The van der Waals surface area contributed by atoms with E-state index in [2.05, 4.69) is 55.4 Å². The number of hydrogen-bond acceptors (Lipinski definition) is 6. The lowest BCUT2D eigenvalue weighted by Gasteiger charge is -2.38. The van der Waals surface area contributed by atoms with E-state index < -0.39 is 0 Å². The molecule has 34 heavy (non-hydrogen) atoms. The lowest BCUT2D eigenvalue weighted by molar-refractivity contribution is 0.253. The highest BCUT2D eigenvalue weighted by Crippen LogP contribution is 2.44. The molecule has 0 radical (unpaired) electrons. The lowest BCUT2D eigenvalue weighted by atomic mass is 9.72. The van der Waals surface area contributed by atoms with Gasteiger partial charge in [0.1, 0.15) is 17.0 Å². The minimum atomic E-state index is -0.190. The molecule has 0 amide bonds. The van der Waals surface area contributed by atoms with E-state index in [0.717, 1.165) is 65.9 Å². The van der Waals surface area contributed by atoms with E-state index in [9.17, 15) is 0 Å². The van der Waals surface area contributed by atoms with Crippen molar-refractivity contribution >= 4 is 11.1 Å². The lowest BCUT2D eigenvalue weighted by Crippen LogP contribution is -2.43. The maximum absolute atomic E-state index is 6.55. The Kier molecular flexibility index (Phi) is 6.11. The van der Waals surface area contributed by atoms with Crippen LogP contribution in [-0.2, 0) is 12.0 Å². The summed E-state index contributed by atoms with van der Waals surface area (Å²) in [6.07, 6.45) is 4.98. The zero-order chi connectivity index (χ0) is 23.7. The van der Waals surface area contributed by atoms with E-state index in [1.54, 1.807) is 7.11 Å². The Balaban J connectivity index is 1.63. The summed E-state index contributed by atoms with van der Waals surface area (Å²) in [5.41, 5.74) is 11.1. The second kappa shape index (κ2) is 9.20. The van der Waals surface area contributed by atoms with Crippen molar-refractivity contribution in [1.82, 2.24) is 14.9 Å². The van der Waals surface area contributed by atoms with Crippen molar-refractivity contribution in [1.29, 1.82) is 0 Å². The Morgan fingerprint density at radius 2 is 1.74 bits per heavy atom. The first kappa shape index (κ1) is 22.6. The molecule has 0 spiro atoms. The number of nitrogens with zero attached hydrogens (tertiary/aromatic N) is 3. The van der Waals surface area contributed by atoms with E-state index in [1.165, 1.54) is 12.0 Å². The van der Waals surface area contributed by atoms with Gasteiger partial charge in [0.05, 0.1) is 7.11 Å². The molecule has 5 rings (SSSR count). The SMILES string of the molecule is COc1nc(CCCN(C)C)nc2oc(-c3ccc(C4(N)CCC4)cc3)c(-c3ccccc3)c12. The monoisotopic (exact) mass is 456 g/mol. The normalized spacial score (nSPS) is 15.0. The van der Waals surface area contributed by atoms with Crippen molar-refractivity contribution in [3.05, 3.63) is 66.0 Å². The van der Waals surface area contributed by atoms with Crippen LogP contribution in [0.15, 0.2) is 59.0 Å². The van der Waals surface area contributed by atoms with Gasteiger partial charge in [-0.05, 0) is 57.5 Å². The topological polar surface area (TPSA) is 77.4 Å². The third-order valence-electron chi connectivity index (χ3n) is 6.79. The summed E-state index contributed by atoms with van der Waals surface area (Å²) in [6.45, 7) is 0.970. The van der Waals surface area contributed by atoms with Gasteiger partial charge in [0.15, 0.2) is 0 Å². The number of ether oxygens (including phenoxy) is 1. The summed E-state index contributed by atoms with van der Waals surface area (Å²) < 4.78 is 12.2. The van der Waals surface area contributed by atoms with Gasteiger partial charge in [-0.25, -0.2) is 0 Å². The molecule has 1 saturated carbocycles. The van der Waals surface area contributed by atoms with Gasteiger partial charge >= 0.3 is 0 Å². The molecule has 6 heteroatoms. The summed E-state index contributed by atoms with van der Waals surface area (Å²) in [7, 11) is 5.79. The van der Waals surface area contributed by atoms with Crippen LogP contribution in [-0.4, -0.2) is 42.6 Å². The minimum Gasteiger partial charge on any atom is -0.480 e. The van der Waals surface area contributed by atoms with Crippen LogP contribution in [0, 0.1) is 0 Å². The highest BCUT2D eigenvalue weighted by molar-refractivity contribution is 6.03. The molecule has 0 saturated heterocycles. The number of furan rings is 1. The number of fused-ring (bicyclic) bond motifs is 1.